The van der Waals surface area contributed by atoms with E-state index in [0.29, 0.717) is 18.7 Å². The lowest BCUT2D eigenvalue weighted by Crippen LogP contribution is -2.23. The Morgan fingerprint density at radius 1 is 1.54 bits per heavy atom. The van der Waals surface area contributed by atoms with E-state index in [1.807, 2.05) is 0 Å². The third kappa shape index (κ3) is 1.29. The number of halogens is 2. The molecule has 4 heteroatoms. The van der Waals surface area contributed by atoms with Gasteiger partial charge in [0.05, 0.1) is 5.69 Å². The number of carbonyl (C=O) groups excluding carboxylic acids is 1. The zero-order chi connectivity index (χ0) is 9.42. The number of rotatable bonds is 0. The molecule has 1 aromatic rings. The van der Waals surface area contributed by atoms with Crippen LogP contribution in [0.3, 0.4) is 0 Å². The minimum Gasteiger partial charge on any atom is -0.295 e. The summed E-state index contributed by atoms with van der Waals surface area (Å²) in [7, 11) is 0. The normalized spacial score (nSPS) is 14.5. The largest absolute Gasteiger partial charge is 0.320 e. The second-order valence-electron chi connectivity index (χ2n) is 2.90. The maximum absolute atomic E-state index is 13.2. The van der Waals surface area contributed by atoms with Gasteiger partial charge in [0.25, 0.3) is 0 Å². The molecule has 0 saturated heterocycles. The summed E-state index contributed by atoms with van der Waals surface area (Å²) in [6.45, 7) is 0.471. The second kappa shape index (κ2) is 3.00. The topological polar surface area (TPSA) is 20.3 Å². The molecular formula is C9H7ClFNO. The highest BCUT2D eigenvalue weighted by Gasteiger charge is 2.26. The molecule has 1 aliphatic rings. The van der Waals surface area contributed by atoms with Crippen LogP contribution < -0.4 is 4.90 Å². The second-order valence-corrected chi connectivity index (χ2v) is 3.23. The third-order valence-corrected chi connectivity index (χ3v) is 2.36. The van der Waals surface area contributed by atoms with Crippen molar-refractivity contribution >= 4 is 22.7 Å². The van der Waals surface area contributed by atoms with Gasteiger partial charge >= 0.3 is 5.37 Å². The summed E-state index contributed by atoms with van der Waals surface area (Å²) in [6, 6.07) is 4.77. The molecule has 0 aliphatic carbocycles. The Hall–Kier alpha value is -1.09. The standard InChI is InChI=1S/C9H7ClFNO/c10-9(13)12-5-4-6-2-1-3-7(11)8(6)12/h1-3H,4-5H2. The highest BCUT2D eigenvalue weighted by Crippen LogP contribution is 2.31. The minimum absolute atomic E-state index is 0.336. The number of amides is 1. The predicted molar refractivity (Wildman–Crippen MR) is 48.7 cm³/mol. The molecule has 2 nitrogen and oxygen atoms in total. The average molecular weight is 200 g/mol. The number of anilines is 1. The van der Waals surface area contributed by atoms with E-state index in [0.717, 1.165) is 5.56 Å². The quantitative estimate of drug-likeness (QED) is 0.465. The molecule has 0 saturated carbocycles. The van der Waals surface area contributed by atoms with Crippen molar-refractivity contribution in [2.75, 3.05) is 11.4 Å². The summed E-state index contributed by atoms with van der Waals surface area (Å²) in [5, 5.41) is -0.621. The Morgan fingerprint density at radius 3 is 3.00 bits per heavy atom. The lowest BCUT2D eigenvalue weighted by Gasteiger charge is -2.13. The van der Waals surface area contributed by atoms with Crippen LogP contribution in [0.5, 0.6) is 0 Å². The van der Waals surface area contributed by atoms with E-state index in [1.165, 1.54) is 11.0 Å². The first kappa shape index (κ1) is 8.51. The van der Waals surface area contributed by atoms with E-state index < -0.39 is 5.37 Å². The molecule has 1 heterocycles. The van der Waals surface area contributed by atoms with Crippen molar-refractivity contribution < 1.29 is 9.18 Å². The van der Waals surface area contributed by atoms with Crippen LogP contribution in [0.15, 0.2) is 18.2 Å². The predicted octanol–water partition coefficient (Wildman–Crippen LogP) is 2.55. The molecular weight excluding hydrogens is 193 g/mol. The molecule has 0 unspecified atom stereocenters. The Kier molecular flexibility index (Phi) is 1.96. The molecule has 0 spiro atoms. The van der Waals surface area contributed by atoms with Crippen LogP contribution in [0.1, 0.15) is 5.56 Å². The Morgan fingerprint density at radius 2 is 2.31 bits per heavy atom. The number of hydrogen-bond donors (Lipinski definition) is 0. The highest BCUT2D eigenvalue weighted by molar-refractivity contribution is 6.66. The summed E-state index contributed by atoms with van der Waals surface area (Å²) in [5.41, 5.74) is 1.18. The highest BCUT2D eigenvalue weighted by atomic mass is 35.5. The van der Waals surface area contributed by atoms with Gasteiger partial charge in [-0.15, -0.1) is 0 Å². The summed E-state index contributed by atoms with van der Waals surface area (Å²) in [5.74, 6) is -0.385. The molecule has 68 valence electrons. The summed E-state index contributed by atoms with van der Waals surface area (Å²) >= 11 is 5.30. The van der Waals surface area contributed by atoms with Crippen LogP contribution in [-0.2, 0) is 6.42 Å². The SMILES string of the molecule is O=C(Cl)N1CCc2cccc(F)c21. The molecule has 13 heavy (non-hydrogen) atoms. The van der Waals surface area contributed by atoms with Crippen LogP contribution in [-0.4, -0.2) is 11.9 Å². The van der Waals surface area contributed by atoms with Crippen molar-refractivity contribution in [2.24, 2.45) is 0 Å². The fraction of sp³-hybridized carbons (Fsp3) is 0.222. The van der Waals surface area contributed by atoms with Crippen LogP contribution in [0.4, 0.5) is 14.9 Å². The molecule has 0 atom stereocenters. The van der Waals surface area contributed by atoms with E-state index in [4.69, 9.17) is 11.6 Å². The summed E-state index contributed by atoms with van der Waals surface area (Å²) in [6.07, 6.45) is 0.672. The van der Waals surface area contributed by atoms with Crippen molar-refractivity contribution in [1.29, 1.82) is 0 Å². The number of hydrogen-bond acceptors (Lipinski definition) is 1. The van der Waals surface area contributed by atoms with Gasteiger partial charge in [0, 0.05) is 6.54 Å². The molecule has 1 amide bonds. The molecule has 1 aliphatic heterocycles. The molecule has 0 radical (unpaired) electrons. The fourth-order valence-electron chi connectivity index (χ4n) is 1.58. The minimum atomic E-state index is -0.621. The zero-order valence-corrected chi connectivity index (χ0v) is 7.51. The zero-order valence-electron chi connectivity index (χ0n) is 6.76. The number of benzene rings is 1. The monoisotopic (exact) mass is 199 g/mol. The molecule has 0 N–H and O–H groups in total. The Labute approximate surface area is 79.9 Å². The van der Waals surface area contributed by atoms with E-state index in [9.17, 15) is 9.18 Å². The smallest absolute Gasteiger partial charge is 0.295 e. The lowest BCUT2D eigenvalue weighted by molar-refractivity contribution is 0.264. The number of fused-ring (bicyclic) bond motifs is 1. The van der Waals surface area contributed by atoms with Crippen molar-refractivity contribution in [3.8, 4) is 0 Å². The van der Waals surface area contributed by atoms with Gasteiger partial charge in [0.15, 0.2) is 0 Å². The Bertz CT molecular complexity index is 367. The van der Waals surface area contributed by atoms with E-state index in [2.05, 4.69) is 0 Å². The summed E-state index contributed by atoms with van der Waals surface area (Å²) in [4.78, 5) is 12.1. The van der Waals surface area contributed by atoms with Crippen LogP contribution in [0.25, 0.3) is 0 Å². The Balaban J connectivity index is 2.52. The van der Waals surface area contributed by atoms with Crippen LogP contribution >= 0.6 is 11.6 Å². The molecule has 0 fully saturated rings. The average Bonchev–Trinajstić information content (AvgIpc) is 2.49. The van der Waals surface area contributed by atoms with Gasteiger partial charge < -0.3 is 0 Å². The molecule has 0 aromatic heterocycles. The first-order valence-electron chi connectivity index (χ1n) is 3.94. The van der Waals surface area contributed by atoms with Gasteiger partial charge in [-0.3, -0.25) is 9.69 Å². The van der Waals surface area contributed by atoms with Crippen molar-refractivity contribution in [3.05, 3.63) is 29.6 Å². The molecule has 1 aromatic carbocycles. The van der Waals surface area contributed by atoms with Crippen molar-refractivity contribution in [2.45, 2.75) is 6.42 Å². The lowest BCUT2D eigenvalue weighted by atomic mass is 10.2. The van der Waals surface area contributed by atoms with Crippen LogP contribution in [0, 0.1) is 5.82 Å². The summed E-state index contributed by atoms with van der Waals surface area (Å²) < 4.78 is 13.2. The van der Waals surface area contributed by atoms with E-state index in [1.54, 1.807) is 12.1 Å². The van der Waals surface area contributed by atoms with E-state index >= 15 is 0 Å². The number of nitrogens with zero attached hydrogens (tertiary/aromatic N) is 1. The van der Waals surface area contributed by atoms with Gasteiger partial charge in [-0.05, 0) is 29.7 Å². The van der Waals surface area contributed by atoms with Gasteiger partial charge in [-0.1, -0.05) is 12.1 Å². The van der Waals surface area contributed by atoms with Gasteiger partial charge in [-0.25, -0.2) is 4.39 Å². The molecule has 2 rings (SSSR count). The van der Waals surface area contributed by atoms with Crippen LogP contribution in [0.2, 0.25) is 0 Å². The third-order valence-electron chi connectivity index (χ3n) is 2.16. The maximum Gasteiger partial charge on any atom is 0.320 e. The van der Waals surface area contributed by atoms with Gasteiger partial charge in [0.1, 0.15) is 5.82 Å². The number of para-hydroxylation sites is 1. The van der Waals surface area contributed by atoms with E-state index in [-0.39, 0.29) is 5.82 Å². The van der Waals surface area contributed by atoms with Gasteiger partial charge in [0.2, 0.25) is 0 Å². The fourth-order valence-corrected chi connectivity index (χ4v) is 1.75. The first-order chi connectivity index (χ1) is 6.20. The first-order valence-corrected chi connectivity index (χ1v) is 4.32. The van der Waals surface area contributed by atoms with Crippen molar-refractivity contribution in [1.82, 2.24) is 0 Å². The van der Waals surface area contributed by atoms with Gasteiger partial charge in [-0.2, -0.15) is 0 Å². The maximum atomic E-state index is 13.2. The number of carbonyl (C=O) groups is 1. The van der Waals surface area contributed by atoms with Crippen molar-refractivity contribution in [3.63, 3.8) is 0 Å². The molecule has 0 bridgehead atoms.